The molecule has 0 unspecified atom stereocenters. The number of hydrogen-bond donors (Lipinski definition) is 0. The second kappa shape index (κ2) is 10.3. The summed E-state index contributed by atoms with van der Waals surface area (Å²) in [6.45, 7) is -2.25. The minimum Gasteiger partial charge on any atom is -0.455 e. The van der Waals surface area contributed by atoms with Crippen LogP contribution in [0.1, 0.15) is 9.81 Å². The summed E-state index contributed by atoms with van der Waals surface area (Å²) in [7, 11) is 0. The number of furan rings is 1. The Morgan fingerprint density at radius 1 is 0.788 bits per heavy atom. The van der Waals surface area contributed by atoms with Crippen LogP contribution in [0.3, 0.4) is 0 Å². The first kappa shape index (κ1) is 18.9. The number of para-hydroxylation sites is 1. The molecule has 0 N–H and O–H groups in total. The molecule has 6 rings (SSSR count). The van der Waals surface area contributed by atoms with E-state index < -0.39 is 6.85 Å². The Kier molecular flexibility index (Phi) is 5.89. The average Bonchev–Trinajstić information content (AvgIpc) is 3.28. The number of fused-ring (bicyclic) bond motifs is 3. The molecule has 33 heavy (non-hydrogen) atoms. The van der Waals surface area contributed by atoms with Crippen molar-refractivity contribution in [1.82, 2.24) is 15.0 Å². The molecule has 4 aromatic heterocycles. The van der Waals surface area contributed by atoms with Crippen LogP contribution in [-0.4, -0.2) is 15.0 Å². The van der Waals surface area contributed by atoms with Crippen LogP contribution in [0.4, 0.5) is 0 Å². The largest absolute Gasteiger partial charge is 0.455 e. The molecule has 4 heterocycles. The maximum atomic E-state index is 7.47. The number of benzene rings is 2. The number of pyridine rings is 3. The zero-order valence-electron chi connectivity index (χ0n) is 20.3. The van der Waals surface area contributed by atoms with Gasteiger partial charge in [-0.3, -0.25) is 4.98 Å². The Hall–Kier alpha value is -3.66. The van der Waals surface area contributed by atoms with Crippen LogP contribution in [0.2, 0.25) is 0 Å². The summed E-state index contributed by atoms with van der Waals surface area (Å²) < 4.78 is 28.1. The molecule has 5 heteroatoms. The van der Waals surface area contributed by atoms with Crippen LogP contribution in [0.25, 0.3) is 44.6 Å². The molecule has 0 atom stereocenters. The summed E-state index contributed by atoms with van der Waals surface area (Å²) in [5.41, 5.74) is 4.49. The van der Waals surface area contributed by atoms with Gasteiger partial charge in [0.15, 0.2) is 5.58 Å². The summed E-state index contributed by atoms with van der Waals surface area (Å²) in [4.78, 5) is 12.7. The molecule has 0 amide bonds. The smallest absolute Gasteiger partial charge is 0.151 e. The standard InChI is InChI=1S/C17H11N2O.C11H8N.Ir/c1-11-5-4-7-14(19-11)15-9-13-12-6-2-3-8-16(12)20-17(13)10-18-15;1-2-6-10(7-3-1)11-8-4-5-9-12-11;/h2-6,8-10H,1H3;1-6,8-9H;/q2*-1;/i1D3;;. The molecule has 2 aromatic carbocycles. The van der Waals surface area contributed by atoms with Crippen LogP contribution in [0, 0.1) is 19.0 Å². The first-order valence-corrected chi connectivity index (χ1v) is 10.0. The van der Waals surface area contributed by atoms with Crippen molar-refractivity contribution >= 4 is 21.9 Å². The van der Waals surface area contributed by atoms with Crippen molar-refractivity contribution in [2.24, 2.45) is 0 Å². The van der Waals surface area contributed by atoms with Gasteiger partial charge >= 0.3 is 0 Å². The van der Waals surface area contributed by atoms with Gasteiger partial charge < -0.3 is 14.4 Å². The molecule has 0 fully saturated rings. The van der Waals surface area contributed by atoms with E-state index in [4.69, 9.17) is 8.53 Å². The van der Waals surface area contributed by atoms with Gasteiger partial charge in [-0.1, -0.05) is 36.4 Å². The third kappa shape index (κ3) is 5.06. The van der Waals surface area contributed by atoms with Gasteiger partial charge in [0.2, 0.25) is 0 Å². The van der Waals surface area contributed by atoms with E-state index in [2.05, 4.69) is 27.1 Å². The van der Waals surface area contributed by atoms with E-state index in [1.165, 1.54) is 6.07 Å². The second-order valence-corrected chi connectivity index (χ2v) is 6.98. The average molecular weight is 609 g/mol. The van der Waals surface area contributed by atoms with E-state index in [1.54, 1.807) is 18.5 Å². The minimum absolute atomic E-state index is 0. The van der Waals surface area contributed by atoms with E-state index in [0.29, 0.717) is 17.0 Å². The monoisotopic (exact) mass is 609 g/mol. The van der Waals surface area contributed by atoms with Crippen molar-refractivity contribution in [2.75, 3.05) is 0 Å². The Morgan fingerprint density at radius 2 is 1.67 bits per heavy atom. The summed E-state index contributed by atoms with van der Waals surface area (Å²) in [6, 6.07) is 32.3. The molecular formula is C28H19IrN3O-2. The summed E-state index contributed by atoms with van der Waals surface area (Å²) in [5, 5.41) is 1.90. The number of aryl methyl sites for hydroxylation is 1. The van der Waals surface area contributed by atoms with Gasteiger partial charge in [0.05, 0.1) is 6.20 Å². The van der Waals surface area contributed by atoms with Crippen molar-refractivity contribution < 1.29 is 28.6 Å². The van der Waals surface area contributed by atoms with Gasteiger partial charge in [0, 0.05) is 41.2 Å². The van der Waals surface area contributed by atoms with Crippen molar-refractivity contribution in [3.05, 3.63) is 115 Å². The third-order valence-electron chi connectivity index (χ3n) is 4.85. The van der Waals surface area contributed by atoms with Crippen LogP contribution in [0.15, 0.2) is 102 Å². The zero-order valence-corrected chi connectivity index (χ0v) is 19.7. The molecule has 0 aliphatic carbocycles. The first-order valence-electron chi connectivity index (χ1n) is 11.5. The van der Waals surface area contributed by atoms with E-state index in [1.807, 2.05) is 72.8 Å². The van der Waals surface area contributed by atoms with E-state index in [0.717, 1.165) is 27.6 Å². The maximum Gasteiger partial charge on any atom is 0.151 e. The fraction of sp³-hybridized carbons (Fsp3) is 0.0357. The minimum atomic E-state index is -2.25. The van der Waals surface area contributed by atoms with Crippen molar-refractivity contribution in [3.8, 4) is 22.6 Å². The van der Waals surface area contributed by atoms with Gasteiger partial charge in [0.1, 0.15) is 5.58 Å². The molecule has 0 saturated heterocycles. The van der Waals surface area contributed by atoms with Gasteiger partial charge in [-0.25, -0.2) is 0 Å². The Balaban J connectivity index is 0.000000198. The van der Waals surface area contributed by atoms with Crippen LogP contribution in [-0.2, 0) is 20.1 Å². The molecule has 1 radical (unpaired) electrons. The van der Waals surface area contributed by atoms with Crippen molar-refractivity contribution in [2.45, 2.75) is 6.85 Å². The molecule has 163 valence electrons. The van der Waals surface area contributed by atoms with Crippen molar-refractivity contribution in [3.63, 3.8) is 0 Å². The summed E-state index contributed by atoms with van der Waals surface area (Å²) in [5.74, 6) is 0. The van der Waals surface area contributed by atoms with Gasteiger partial charge in [-0.2, -0.15) is 12.1 Å². The van der Waals surface area contributed by atoms with Crippen LogP contribution < -0.4 is 0 Å². The van der Waals surface area contributed by atoms with Gasteiger partial charge in [-0.15, -0.1) is 42.0 Å². The quantitative estimate of drug-likeness (QED) is 0.206. The number of aromatic nitrogens is 3. The van der Waals surface area contributed by atoms with Crippen LogP contribution in [0.5, 0.6) is 0 Å². The number of nitrogens with zero attached hydrogens (tertiary/aromatic N) is 3. The third-order valence-corrected chi connectivity index (χ3v) is 4.85. The molecule has 0 aliphatic heterocycles. The summed E-state index contributed by atoms with van der Waals surface area (Å²) in [6.07, 6.45) is 3.42. The molecule has 0 bridgehead atoms. The Bertz CT molecular complexity index is 1550. The molecule has 4 nitrogen and oxygen atoms in total. The Labute approximate surface area is 209 Å². The molecule has 6 aromatic rings. The first-order chi connectivity index (χ1) is 17.0. The molecular weight excluding hydrogens is 587 g/mol. The summed E-state index contributed by atoms with van der Waals surface area (Å²) >= 11 is 0. The number of hydrogen-bond acceptors (Lipinski definition) is 4. The maximum absolute atomic E-state index is 7.47. The van der Waals surface area contributed by atoms with E-state index >= 15 is 0 Å². The van der Waals surface area contributed by atoms with Gasteiger partial charge in [0.25, 0.3) is 0 Å². The zero-order chi connectivity index (χ0) is 24.3. The Morgan fingerprint density at radius 3 is 2.48 bits per heavy atom. The fourth-order valence-electron chi connectivity index (χ4n) is 3.36. The van der Waals surface area contributed by atoms with E-state index in [-0.39, 0.29) is 25.8 Å². The van der Waals surface area contributed by atoms with Crippen molar-refractivity contribution in [1.29, 1.82) is 0 Å². The molecule has 0 saturated carbocycles. The second-order valence-electron chi connectivity index (χ2n) is 6.98. The van der Waals surface area contributed by atoms with Crippen LogP contribution >= 0.6 is 0 Å². The molecule has 0 spiro atoms. The topological polar surface area (TPSA) is 51.8 Å². The molecule has 0 aliphatic rings. The van der Waals surface area contributed by atoms with E-state index in [9.17, 15) is 0 Å². The number of rotatable bonds is 2. The van der Waals surface area contributed by atoms with Gasteiger partial charge in [-0.05, 0) is 41.8 Å². The normalized spacial score (nSPS) is 12.1. The predicted molar refractivity (Wildman–Crippen MR) is 127 cm³/mol. The fourth-order valence-corrected chi connectivity index (χ4v) is 3.36. The predicted octanol–water partition coefficient (Wildman–Crippen LogP) is 6.70. The SMILES string of the molecule is [2H]C([2H])([2H])c1cc[c-]c(-c2cc3c(cn2)oc2ccccc23)n1.[Ir].[c-]1ccccc1-c1ccccn1.